The van der Waals surface area contributed by atoms with E-state index in [2.05, 4.69) is 20.2 Å². The van der Waals surface area contributed by atoms with Gasteiger partial charge < -0.3 is 24.8 Å². The van der Waals surface area contributed by atoms with Gasteiger partial charge in [-0.2, -0.15) is 23.1 Å². The molecular weight excluding hydrogens is 478 g/mol. The van der Waals surface area contributed by atoms with E-state index in [4.69, 9.17) is 9.72 Å². The van der Waals surface area contributed by atoms with Gasteiger partial charge in [0.15, 0.2) is 0 Å². The first-order chi connectivity index (χ1) is 17.4. The van der Waals surface area contributed by atoms with Gasteiger partial charge in [0.2, 0.25) is 5.95 Å². The lowest BCUT2D eigenvalue weighted by Gasteiger charge is -2.37. The molecule has 0 amide bonds. The molecule has 0 saturated carbocycles. The number of aromatic nitrogens is 3. The van der Waals surface area contributed by atoms with Crippen molar-refractivity contribution in [2.75, 3.05) is 72.5 Å². The maximum Gasteiger partial charge on any atom is 0.419 e. The summed E-state index contributed by atoms with van der Waals surface area (Å²) in [5, 5.41) is 3.20. The van der Waals surface area contributed by atoms with E-state index in [1.54, 1.807) is 17.0 Å². The molecule has 4 heterocycles. The summed E-state index contributed by atoms with van der Waals surface area (Å²) in [6.45, 7) is 4.07. The van der Waals surface area contributed by atoms with Gasteiger partial charge in [0.1, 0.15) is 23.3 Å². The molecule has 2 aliphatic heterocycles. The molecule has 1 aromatic carbocycles. The van der Waals surface area contributed by atoms with Gasteiger partial charge in [0.25, 0.3) is 0 Å². The predicted octanol–water partition coefficient (Wildman–Crippen LogP) is 3.94. The van der Waals surface area contributed by atoms with Crippen molar-refractivity contribution in [2.24, 2.45) is 0 Å². The first kappa shape index (κ1) is 24.0. The van der Waals surface area contributed by atoms with Gasteiger partial charge in [0, 0.05) is 57.2 Å². The lowest BCUT2D eigenvalue weighted by Crippen LogP contribution is -2.48. The molecule has 5 rings (SSSR count). The third-order valence-corrected chi connectivity index (χ3v) is 6.11. The normalized spacial score (nSPS) is 16.8. The summed E-state index contributed by atoms with van der Waals surface area (Å²) in [4.78, 5) is 19.1. The highest BCUT2D eigenvalue weighted by Crippen LogP contribution is 2.35. The fourth-order valence-corrected chi connectivity index (χ4v) is 4.25. The van der Waals surface area contributed by atoms with E-state index in [1.807, 2.05) is 11.0 Å². The lowest BCUT2D eigenvalue weighted by atomic mass is 10.2. The standard InChI is InChI=1S/C24H25F4N7O/c25-17-3-5-18(6-4-17)30-20-16-21(33-12-14-36-15-13-33)32-23(31-20)35-10-8-34(9-11-35)22-19(24(26,27)28)2-1-7-29-22/h1-7,16H,8-15H2,(H,30,31,32). The SMILES string of the molecule is Fc1ccc(Nc2cc(N3CCOCC3)nc(N3CCN(c4ncccc4C(F)(F)F)CC3)n2)cc1. The minimum atomic E-state index is -4.47. The van der Waals surface area contributed by atoms with E-state index in [0.717, 1.165) is 11.9 Å². The summed E-state index contributed by atoms with van der Waals surface area (Å²) < 4.78 is 59.2. The molecule has 2 saturated heterocycles. The summed E-state index contributed by atoms with van der Waals surface area (Å²) in [6, 6.07) is 10.1. The number of pyridine rings is 1. The molecule has 36 heavy (non-hydrogen) atoms. The zero-order valence-electron chi connectivity index (χ0n) is 19.4. The van der Waals surface area contributed by atoms with E-state index in [0.29, 0.717) is 69.9 Å². The largest absolute Gasteiger partial charge is 0.419 e. The third-order valence-electron chi connectivity index (χ3n) is 6.11. The van der Waals surface area contributed by atoms with Crippen molar-refractivity contribution in [3.8, 4) is 0 Å². The van der Waals surface area contributed by atoms with E-state index in [-0.39, 0.29) is 11.6 Å². The number of morpholine rings is 1. The van der Waals surface area contributed by atoms with Crippen LogP contribution in [0.3, 0.4) is 0 Å². The van der Waals surface area contributed by atoms with Gasteiger partial charge in [-0.05, 0) is 36.4 Å². The van der Waals surface area contributed by atoms with Gasteiger partial charge in [-0.3, -0.25) is 0 Å². The maximum absolute atomic E-state index is 13.5. The Hall–Kier alpha value is -3.67. The second kappa shape index (κ2) is 10.1. The van der Waals surface area contributed by atoms with Crippen LogP contribution in [0.15, 0.2) is 48.7 Å². The first-order valence-electron chi connectivity index (χ1n) is 11.6. The summed E-state index contributed by atoms with van der Waals surface area (Å²) >= 11 is 0. The average molecular weight is 504 g/mol. The van der Waals surface area contributed by atoms with Crippen LogP contribution >= 0.6 is 0 Å². The number of rotatable bonds is 5. The van der Waals surface area contributed by atoms with Crippen molar-refractivity contribution in [1.82, 2.24) is 15.0 Å². The van der Waals surface area contributed by atoms with E-state index < -0.39 is 11.7 Å². The summed E-state index contributed by atoms with van der Waals surface area (Å²) in [7, 11) is 0. The number of hydrogen-bond acceptors (Lipinski definition) is 8. The Bertz CT molecular complexity index is 1180. The molecule has 12 heteroatoms. The van der Waals surface area contributed by atoms with Crippen molar-refractivity contribution < 1.29 is 22.3 Å². The van der Waals surface area contributed by atoms with Crippen molar-refractivity contribution in [3.05, 3.63) is 60.0 Å². The predicted molar refractivity (Wildman–Crippen MR) is 128 cm³/mol. The lowest BCUT2D eigenvalue weighted by molar-refractivity contribution is -0.137. The van der Waals surface area contributed by atoms with Crippen LogP contribution in [-0.4, -0.2) is 67.4 Å². The molecule has 3 aromatic rings. The number of alkyl halides is 3. The molecule has 0 bridgehead atoms. The Morgan fingerprint density at radius 1 is 0.833 bits per heavy atom. The highest BCUT2D eigenvalue weighted by Gasteiger charge is 2.36. The van der Waals surface area contributed by atoms with Crippen molar-refractivity contribution in [3.63, 3.8) is 0 Å². The number of nitrogens with zero attached hydrogens (tertiary/aromatic N) is 6. The summed E-state index contributed by atoms with van der Waals surface area (Å²) in [5.41, 5.74) is -0.0663. The quantitative estimate of drug-likeness (QED) is 0.526. The minimum absolute atomic E-state index is 0.0636. The molecule has 0 unspecified atom stereocenters. The number of piperazine rings is 1. The Balaban J connectivity index is 1.37. The van der Waals surface area contributed by atoms with Crippen LogP contribution in [0.1, 0.15) is 5.56 Å². The number of benzene rings is 1. The van der Waals surface area contributed by atoms with E-state index in [1.165, 1.54) is 24.4 Å². The molecular formula is C24H25F4N7O. The van der Waals surface area contributed by atoms with Crippen LogP contribution < -0.4 is 20.0 Å². The molecule has 0 spiro atoms. The van der Waals surface area contributed by atoms with Crippen molar-refractivity contribution in [2.45, 2.75) is 6.18 Å². The second-order valence-corrected chi connectivity index (χ2v) is 8.49. The molecule has 1 N–H and O–H groups in total. The van der Waals surface area contributed by atoms with Crippen LogP contribution in [0.2, 0.25) is 0 Å². The molecule has 8 nitrogen and oxygen atoms in total. The number of anilines is 5. The van der Waals surface area contributed by atoms with Gasteiger partial charge in [-0.15, -0.1) is 0 Å². The van der Waals surface area contributed by atoms with Crippen LogP contribution in [-0.2, 0) is 10.9 Å². The Morgan fingerprint density at radius 2 is 1.53 bits per heavy atom. The number of ether oxygens (including phenoxy) is 1. The number of halogens is 4. The van der Waals surface area contributed by atoms with Crippen molar-refractivity contribution in [1.29, 1.82) is 0 Å². The highest BCUT2D eigenvalue weighted by atomic mass is 19.4. The van der Waals surface area contributed by atoms with Crippen LogP contribution in [0, 0.1) is 5.82 Å². The molecule has 2 aliphatic rings. The van der Waals surface area contributed by atoms with E-state index in [9.17, 15) is 17.6 Å². The first-order valence-corrected chi connectivity index (χ1v) is 11.6. The van der Waals surface area contributed by atoms with Crippen LogP contribution in [0.5, 0.6) is 0 Å². The molecule has 0 radical (unpaired) electrons. The fraction of sp³-hybridized carbons (Fsp3) is 0.375. The molecule has 0 aliphatic carbocycles. The smallest absolute Gasteiger partial charge is 0.378 e. The summed E-state index contributed by atoms with van der Waals surface area (Å²) in [5.74, 6) is 1.34. The number of hydrogen-bond donors (Lipinski definition) is 1. The highest BCUT2D eigenvalue weighted by molar-refractivity contribution is 5.62. The average Bonchev–Trinajstić information content (AvgIpc) is 2.90. The number of nitrogens with one attached hydrogen (secondary N) is 1. The fourth-order valence-electron chi connectivity index (χ4n) is 4.25. The molecule has 2 fully saturated rings. The van der Waals surface area contributed by atoms with Crippen molar-refractivity contribution >= 4 is 29.1 Å². The monoisotopic (exact) mass is 503 g/mol. The summed E-state index contributed by atoms with van der Waals surface area (Å²) in [6.07, 6.45) is -3.10. The maximum atomic E-state index is 13.5. The second-order valence-electron chi connectivity index (χ2n) is 8.49. The van der Waals surface area contributed by atoms with Gasteiger partial charge in [-0.1, -0.05) is 0 Å². The Morgan fingerprint density at radius 3 is 2.22 bits per heavy atom. The van der Waals surface area contributed by atoms with Gasteiger partial charge >= 0.3 is 6.18 Å². The van der Waals surface area contributed by atoms with Gasteiger partial charge in [0.05, 0.1) is 18.8 Å². The van der Waals surface area contributed by atoms with E-state index >= 15 is 0 Å². The minimum Gasteiger partial charge on any atom is -0.378 e. The third kappa shape index (κ3) is 5.43. The molecule has 2 aromatic heterocycles. The molecule has 190 valence electrons. The zero-order valence-corrected chi connectivity index (χ0v) is 19.4. The van der Waals surface area contributed by atoms with Gasteiger partial charge in [-0.25, -0.2) is 9.37 Å². The van der Waals surface area contributed by atoms with Crippen LogP contribution in [0.4, 0.5) is 46.7 Å². The molecule has 0 atom stereocenters. The van der Waals surface area contributed by atoms with Crippen LogP contribution in [0.25, 0.3) is 0 Å². The Labute approximate surface area is 205 Å². The Kier molecular flexibility index (Phi) is 6.77. The zero-order chi connectivity index (χ0) is 25.1. The topological polar surface area (TPSA) is 69.7 Å².